The maximum absolute atomic E-state index is 11.1. The molecule has 0 fully saturated rings. The first-order valence-electron chi connectivity index (χ1n) is 5.17. The number of rotatable bonds is 4. The molecule has 0 bridgehead atoms. The van der Waals surface area contributed by atoms with Gasteiger partial charge in [0.2, 0.25) is 0 Å². The van der Waals surface area contributed by atoms with Gasteiger partial charge < -0.3 is 16.2 Å². The summed E-state index contributed by atoms with van der Waals surface area (Å²) in [5.41, 5.74) is 11.3. The molecule has 0 spiro atoms. The predicted molar refractivity (Wildman–Crippen MR) is 67.3 cm³/mol. The lowest BCUT2D eigenvalue weighted by atomic mass is 10.1. The van der Waals surface area contributed by atoms with E-state index in [0.717, 1.165) is 5.56 Å². The van der Waals surface area contributed by atoms with Crippen LogP contribution in [0.15, 0.2) is 18.2 Å². The Morgan fingerprint density at radius 3 is 2.67 bits per heavy atom. The van der Waals surface area contributed by atoms with E-state index >= 15 is 0 Å². The van der Waals surface area contributed by atoms with Crippen LogP contribution in [0.1, 0.15) is 18.5 Å². The molecule has 0 heterocycles. The molecule has 0 aromatic heterocycles. The van der Waals surface area contributed by atoms with Crippen molar-refractivity contribution in [2.24, 2.45) is 11.5 Å². The quantitative estimate of drug-likeness (QED) is 0.757. The van der Waals surface area contributed by atoms with Crippen molar-refractivity contribution in [3.63, 3.8) is 0 Å². The van der Waals surface area contributed by atoms with Crippen LogP contribution in [-0.2, 0) is 4.79 Å². The van der Waals surface area contributed by atoms with Crippen molar-refractivity contribution in [2.75, 3.05) is 6.61 Å². The number of carbonyl (C=O) groups is 2. The lowest BCUT2D eigenvalue weighted by Gasteiger charge is -2.10. The van der Waals surface area contributed by atoms with Gasteiger partial charge in [-0.25, -0.2) is 4.79 Å². The minimum absolute atomic E-state index is 0.144. The highest BCUT2D eigenvalue weighted by Crippen LogP contribution is 2.27. The van der Waals surface area contributed by atoms with E-state index in [1.165, 1.54) is 0 Å². The predicted octanol–water partition coefficient (Wildman–Crippen LogP) is 0.933. The molecule has 0 aliphatic heterocycles. The van der Waals surface area contributed by atoms with Gasteiger partial charge in [-0.1, -0.05) is 17.7 Å². The molecule has 0 unspecified atom stereocenters. The Morgan fingerprint density at radius 1 is 1.50 bits per heavy atom. The van der Waals surface area contributed by atoms with E-state index in [0.29, 0.717) is 10.8 Å². The Bertz CT molecular complexity index is 463. The topological polar surface area (TPSA) is 107 Å². The zero-order valence-corrected chi connectivity index (χ0v) is 10.5. The number of primary amides is 1. The van der Waals surface area contributed by atoms with Gasteiger partial charge in [0, 0.05) is 6.04 Å². The number of hydrogen-bond acceptors (Lipinski definition) is 4. The second-order valence-corrected chi connectivity index (χ2v) is 4.09. The fourth-order valence-corrected chi connectivity index (χ4v) is 1.48. The third kappa shape index (κ3) is 4.23. The molecule has 1 rings (SSSR count). The average molecular weight is 272 g/mol. The fraction of sp³-hybridized carbons (Fsp3) is 0.273. The van der Waals surface area contributed by atoms with Gasteiger partial charge in [0.1, 0.15) is 5.75 Å². The largest absolute Gasteiger partial charge is 0.482 e. The van der Waals surface area contributed by atoms with E-state index in [1.54, 1.807) is 18.2 Å². The van der Waals surface area contributed by atoms with E-state index in [4.69, 9.17) is 27.8 Å². The molecule has 1 atom stereocenters. The molecule has 1 aromatic rings. The number of imide groups is 1. The van der Waals surface area contributed by atoms with Crippen molar-refractivity contribution in [3.8, 4) is 5.75 Å². The molecular formula is C11H14ClN3O3. The smallest absolute Gasteiger partial charge is 0.318 e. The monoisotopic (exact) mass is 271 g/mol. The summed E-state index contributed by atoms with van der Waals surface area (Å²) in [7, 11) is 0. The van der Waals surface area contributed by atoms with E-state index in [-0.39, 0.29) is 12.6 Å². The number of benzene rings is 1. The molecule has 0 aliphatic rings. The summed E-state index contributed by atoms with van der Waals surface area (Å²) in [4.78, 5) is 21.5. The van der Waals surface area contributed by atoms with Crippen molar-refractivity contribution < 1.29 is 14.3 Å². The van der Waals surface area contributed by atoms with Crippen molar-refractivity contribution in [2.45, 2.75) is 13.0 Å². The number of halogens is 1. The van der Waals surface area contributed by atoms with Gasteiger partial charge >= 0.3 is 6.03 Å². The Balaban J connectivity index is 2.63. The van der Waals surface area contributed by atoms with Gasteiger partial charge in [0.15, 0.2) is 6.61 Å². The molecule has 98 valence electrons. The normalized spacial score (nSPS) is 11.7. The molecule has 0 saturated carbocycles. The summed E-state index contributed by atoms with van der Waals surface area (Å²) in [5.74, 6) is -0.310. The van der Waals surface area contributed by atoms with Crippen molar-refractivity contribution in [3.05, 3.63) is 28.8 Å². The van der Waals surface area contributed by atoms with Crippen molar-refractivity contribution in [1.82, 2.24) is 5.32 Å². The number of nitrogens with one attached hydrogen (secondary N) is 1. The Hall–Kier alpha value is -1.79. The Labute approximate surface area is 109 Å². The zero-order valence-electron chi connectivity index (χ0n) is 9.77. The second-order valence-electron chi connectivity index (χ2n) is 3.68. The SMILES string of the molecule is C[C@H](N)c1ccc(OCC(=O)NC(N)=O)c(Cl)c1. The third-order valence-electron chi connectivity index (χ3n) is 2.10. The number of ether oxygens (including phenoxy) is 1. The van der Waals surface area contributed by atoms with Crippen LogP contribution in [0.25, 0.3) is 0 Å². The second kappa shape index (κ2) is 6.23. The van der Waals surface area contributed by atoms with Crippen LogP contribution < -0.4 is 21.5 Å². The molecule has 7 heteroatoms. The van der Waals surface area contributed by atoms with Gasteiger partial charge in [-0.15, -0.1) is 0 Å². The van der Waals surface area contributed by atoms with Gasteiger partial charge in [-0.2, -0.15) is 0 Å². The minimum Gasteiger partial charge on any atom is -0.482 e. The lowest BCUT2D eigenvalue weighted by Crippen LogP contribution is -2.38. The summed E-state index contributed by atoms with van der Waals surface area (Å²) in [6.07, 6.45) is 0. The number of nitrogens with two attached hydrogens (primary N) is 2. The summed E-state index contributed by atoms with van der Waals surface area (Å²) < 4.78 is 5.14. The van der Waals surface area contributed by atoms with Crippen molar-refractivity contribution >= 4 is 23.5 Å². The first kappa shape index (κ1) is 14.3. The molecule has 6 nitrogen and oxygen atoms in total. The van der Waals surface area contributed by atoms with E-state index < -0.39 is 11.9 Å². The number of hydrogen-bond donors (Lipinski definition) is 3. The van der Waals surface area contributed by atoms with Crippen LogP contribution in [0.4, 0.5) is 4.79 Å². The average Bonchev–Trinajstić information content (AvgIpc) is 2.26. The van der Waals surface area contributed by atoms with E-state index in [2.05, 4.69) is 0 Å². The first-order chi connectivity index (χ1) is 8.40. The third-order valence-corrected chi connectivity index (χ3v) is 2.40. The highest BCUT2D eigenvalue weighted by molar-refractivity contribution is 6.32. The molecule has 18 heavy (non-hydrogen) atoms. The molecular weight excluding hydrogens is 258 g/mol. The van der Waals surface area contributed by atoms with Crippen LogP contribution in [0.2, 0.25) is 5.02 Å². The van der Waals surface area contributed by atoms with E-state index in [1.807, 2.05) is 12.2 Å². The minimum atomic E-state index is -0.929. The number of amides is 3. The number of carbonyl (C=O) groups excluding carboxylic acids is 2. The lowest BCUT2D eigenvalue weighted by molar-refractivity contribution is -0.121. The molecule has 0 saturated heterocycles. The van der Waals surface area contributed by atoms with Crippen LogP contribution >= 0.6 is 11.6 Å². The van der Waals surface area contributed by atoms with Crippen molar-refractivity contribution in [1.29, 1.82) is 0 Å². The molecule has 5 N–H and O–H groups in total. The van der Waals surface area contributed by atoms with Crippen LogP contribution in [0, 0.1) is 0 Å². The highest BCUT2D eigenvalue weighted by atomic mass is 35.5. The van der Waals surface area contributed by atoms with Gasteiger partial charge in [-0.3, -0.25) is 10.1 Å². The fourth-order valence-electron chi connectivity index (χ4n) is 1.23. The van der Waals surface area contributed by atoms with Gasteiger partial charge in [0.05, 0.1) is 5.02 Å². The van der Waals surface area contributed by atoms with Crippen LogP contribution in [0.3, 0.4) is 0 Å². The highest BCUT2D eigenvalue weighted by Gasteiger charge is 2.09. The van der Waals surface area contributed by atoms with Gasteiger partial charge in [0.25, 0.3) is 5.91 Å². The molecule has 0 aliphatic carbocycles. The molecule has 0 radical (unpaired) electrons. The van der Waals surface area contributed by atoms with Gasteiger partial charge in [-0.05, 0) is 24.6 Å². The maximum Gasteiger partial charge on any atom is 0.318 e. The van der Waals surface area contributed by atoms with Crippen LogP contribution in [-0.4, -0.2) is 18.5 Å². The summed E-state index contributed by atoms with van der Waals surface area (Å²) in [6, 6.07) is 3.95. The maximum atomic E-state index is 11.1. The Kier molecular flexibility index (Phi) is 4.94. The Morgan fingerprint density at radius 2 is 2.17 bits per heavy atom. The van der Waals surface area contributed by atoms with E-state index in [9.17, 15) is 9.59 Å². The standard InChI is InChI=1S/C11H14ClN3O3/c1-6(13)7-2-3-9(8(12)4-7)18-5-10(16)15-11(14)17/h2-4,6H,5,13H2,1H3,(H3,14,15,16,17)/t6-/m0/s1. The first-order valence-corrected chi connectivity index (χ1v) is 5.55. The summed E-state index contributed by atoms with van der Waals surface area (Å²) >= 11 is 5.96. The molecule has 1 aromatic carbocycles. The summed E-state index contributed by atoms with van der Waals surface area (Å²) in [5, 5.41) is 2.22. The summed E-state index contributed by atoms with van der Waals surface area (Å²) in [6.45, 7) is 1.48. The number of urea groups is 1. The van der Waals surface area contributed by atoms with Crippen LogP contribution in [0.5, 0.6) is 5.75 Å². The molecule has 3 amide bonds. The zero-order chi connectivity index (χ0) is 13.7.